The summed E-state index contributed by atoms with van der Waals surface area (Å²) in [7, 11) is -3.53. The molecule has 0 aromatic heterocycles. The highest BCUT2D eigenvalue weighted by atomic mass is 32.2. The molecule has 1 saturated heterocycles. The fraction of sp³-hybridized carbons (Fsp3) is 0.500. The molecule has 0 bridgehead atoms. The van der Waals surface area contributed by atoms with Gasteiger partial charge in [-0.3, -0.25) is 0 Å². The fourth-order valence-corrected chi connectivity index (χ4v) is 3.84. The number of hydrogen-bond acceptors (Lipinski definition) is 4. The summed E-state index contributed by atoms with van der Waals surface area (Å²) in [5, 5.41) is 0. The van der Waals surface area contributed by atoms with Crippen molar-refractivity contribution in [2.75, 3.05) is 18.0 Å². The van der Waals surface area contributed by atoms with Crippen molar-refractivity contribution < 1.29 is 13.2 Å². The van der Waals surface area contributed by atoms with E-state index in [1.165, 1.54) is 0 Å². The minimum Gasteiger partial charge on any atom is -0.361 e. The number of anilines is 1. The Kier molecular flexibility index (Phi) is 4.77. The highest BCUT2D eigenvalue weighted by Gasteiger charge is 2.27. The number of para-hydroxylation sites is 1. The Morgan fingerprint density at radius 3 is 2.80 bits per heavy atom. The van der Waals surface area contributed by atoms with E-state index in [4.69, 9.17) is 0 Å². The highest BCUT2D eigenvalue weighted by Crippen LogP contribution is 2.29. The molecule has 1 aromatic carbocycles. The van der Waals surface area contributed by atoms with Gasteiger partial charge in [0.15, 0.2) is 0 Å². The van der Waals surface area contributed by atoms with Gasteiger partial charge in [0.25, 0.3) is 0 Å². The van der Waals surface area contributed by atoms with Crippen LogP contribution in [0.15, 0.2) is 29.2 Å². The molecule has 2 rings (SSSR count). The maximum atomic E-state index is 12.3. The van der Waals surface area contributed by atoms with Crippen LogP contribution in [0, 0.1) is 0 Å². The van der Waals surface area contributed by atoms with Gasteiger partial charge in [0.05, 0.1) is 11.7 Å². The lowest BCUT2D eigenvalue weighted by Crippen LogP contribution is -2.41. The van der Waals surface area contributed by atoms with Crippen molar-refractivity contribution >= 4 is 22.0 Å². The molecule has 0 spiro atoms. The van der Waals surface area contributed by atoms with Gasteiger partial charge in [0, 0.05) is 13.1 Å². The van der Waals surface area contributed by atoms with Crippen molar-refractivity contribution in [1.29, 1.82) is 0 Å². The molecular formula is C14H20N2O3S. The molecule has 1 fully saturated rings. The van der Waals surface area contributed by atoms with Gasteiger partial charge >= 0.3 is 0 Å². The van der Waals surface area contributed by atoms with Crippen LogP contribution in [0.5, 0.6) is 0 Å². The second-order valence-electron chi connectivity index (χ2n) is 4.86. The number of carbonyl (C=O) groups is 1. The summed E-state index contributed by atoms with van der Waals surface area (Å²) in [5.74, 6) is 0. The summed E-state index contributed by atoms with van der Waals surface area (Å²) >= 11 is 0. The Balaban J connectivity index is 2.44. The summed E-state index contributed by atoms with van der Waals surface area (Å²) in [4.78, 5) is 13.4. The van der Waals surface area contributed by atoms with E-state index in [1.807, 2.05) is 4.90 Å². The third-order valence-electron chi connectivity index (χ3n) is 3.50. The Morgan fingerprint density at radius 1 is 1.35 bits per heavy atom. The zero-order valence-corrected chi connectivity index (χ0v) is 12.4. The van der Waals surface area contributed by atoms with E-state index >= 15 is 0 Å². The lowest BCUT2D eigenvalue weighted by molar-refractivity contribution is -0.109. The molecule has 1 unspecified atom stereocenters. The van der Waals surface area contributed by atoms with Crippen molar-refractivity contribution in [1.82, 2.24) is 4.72 Å². The Labute approximate surface area is 120 Å². The number of carbonyl (C=O) groups excluding carboxylic acids is 1. The van der Waals surface area contributed by atoms with Crippen LogP contribution >= 0.6 is 0 Å². The molecule has 0 saturated carbocycles. The molecule has 0 aliphatic carbocycles. The number of benzene rings is 1. The van der Waals surface area contributed by atoms with Crippen molar-refractivity contribution in [3.05, 3.63) is 24.3 Å². The fourth-order valence-electron chi connectivity index (χ4n) is 2.59. The Morgan fingerprint density at radius 2 is 2.10 bits per heavy atom. The Bertz CT molecular complexity index is 572. The first-order chi connectivity index (χ1) is 9.60. The normalized spacial score (nSPS) is 19.9. The predicted octanol–water partition coefficient (Wildman–Crippen LogP) is 1.54. The molecule has 1 aliphatic rings. The number of nitrogens with one attached hydrogen (secondary N) is 1. The lowest BCUT2D eigenvalue weighted by atomic mass is 10.0. The molecule has 1 heterocycles. The first-order valence-corrected chi connectivity index (χ1v) is 8.39. The van der Waals surface area contributed by atoms with Crippen LogP contribution in [0.4, 0.5) is 5.69 Å². The van der Waals surface area contributed by atoms with Crippen LogP contribution in [-0.2, 0) is 14.8 Å². The minimum absolute atomic E-state index is 0.235. The molecule has 1 aromatic rings. The van der Waals surface area contributed by atoms with Crippen molar-refractivity contribution in [3.8, 4) is 0 Å². The zero-order chi connectivity index (χ0) is 14.6. The minimum atomic E-state index is -3.53. The second kappa shape index (κ2) is 6.37. The maximum Gasteiger partial charge on any atom is 0.242 e. The summed E-state index contributed by atoms with van der Waals surface area (Å²) in [6.07, 6.45) is 3.66. The van der Waals surface area contributed by atoms with E-state index in [0.29, 0.717) is 18.8 Å². The number of hydrogen-bond donors (Lipinski definition) is 1. The van der Waals surface area contributed by atoms with Gasteiger partial charge < -0.3 is 9.69 Å². The molecule has 1 aliphatic heterocycles. The summed E-state index contributed by atoms with van der Waals surface area (Å²) in [5.41, 5.74) is 0.616. The largest absolute Gasteiger partial charge is 0.361 e. The quantitative estimate of drug-likeness (QED) is 0.837. The van der Waals surface area contributed by atoms with Gasteiger partial charge in [-0.15, -0.1) is 0 Å². The van der Waals surface area contributed by atoms with Gasteiger partial charge in [-0.1, -0.05) is 19.1 Å². The second-order valence-corrected chi connectivity index (χ2v) is 6.60. The van der Waals surface area contributed by atoms with E-state index in [1.54, 1.807) is 31.2 Å². The molecule has 110 valence electrons. The summed E-state index contributed by atoms with van der Waals surface area (Å²) < 4.78 is 27.0. The van der Waals surface area contributed by atoms with Gasteiger partial charge in [0.2, 0.25) is 10.0 Å². The van der Waals surface area contributed by atoms with Gasteiger partial charge in [-0.2, -0.15) is 0 Å². The first kappa shape index (κ1) is 15.0. The Hall–Kier alpha value is -1.40. The number of piperidine rings is 1. The number of nitrogens with zero attached hydrogens (tertiary/aromatic N) is 1. The van der Waals surface area contributed by atoms with Gasteiger partial charge in [-0.25, -0.2) is 13.1 Å². The molecule has 5 nitrogen and oxygen atoms in total. The third kappa shape index (κ3) is 3.02. The zero-order valence-electron chi connectivity index (χ0n) is 11.6. The third-order valence-corrected chi connectivity index (χ3v) is 5.10. The number of aldehydes is 1. The summed E-state index contributed by atoms with van der Waals surface area (Å²) in [6.45, 7) is 2.80. The molecule has 1 atom stereocenters. The standard InChI is InChI=1S/C14H20N2O3S/c1-2-15-20(18,19)14-9-4-3-8-13(14)16-10-6-5-7-12(16)11-17/h3-4,8-9,11-12,15H,2,5-7,10H2,1H3. The van der Waals surface area contributed by atoms with Crippen LogP contribution in [0.2, 0.25) is 0 Å². The first-order valence-electron chi connectivity index (χ1n) is 6.90. The van der Waals surface area contributed by atoms with Crippen LogP contribution in [0.3, 0.4) is 0 Å². The molecule has 0 radical (unpaired) electrons. The van der Waals surface area contributed by atoms with Crippen LogP contribution < -0.4 is 9.62 Å². The van der Waals surface area contributed by atoms with Crippen LogP contribution in [0.1, 0.15) is 26.2 Å². The van der Waals surface area contributed by atoms with Gasteiger partial charge in [0.1, 0.15) is 11.2 Å². The van der Waals surface area contributed by atoms with Crippen LogP contribution in [-0.4, -0.2) is 33.8 Å². The molecule has 20 heavy (non-hydrogen) atoms. The van der Waals surface area contributed by atoms with Crippen molar-refractivity contribution in [2.45, 2.75) is 37.1 Å². The average Bonchev–Trinajstić information content (AvgIpc) is 2.47. The maximum absolute atomic E-state index is 12.3. The van der Waals surface area contributed by atoms with Crippen molar-refractivity contribution in [2.24, 2.45) is 0 Å². The van der Waals surface area contributed by atoms with Crippen molar-refractivity contribution in [3.63, 3.8) is 0 Å². The van der Waals surface area contributed by atoms with E-state index in [2.05, 4.69) is 4.72 Å². The van der Waals surface area contributed by atoms with Crippen LogP contribution in [0.25, 0.3) is 0 Å². The SMILES string of the molecule is CCNS(=O)(=O)c1ccccc1N1CCCCC1C=O. The predicted molar refractivity (Wildman–Crippen MR) is 78.4 cm³/mol. The van der Waals surface area contributed by atoms with E-state index in [-0.39, 0.29) is 10.9 Å². The van der Waals surface area contributed by atoms with E-state index in [9.17, 15) is 13.2 Å². The summed E-state index contributed by atoms with van der Waals surface area (Å²) in [6, 6.07) is 6.63. The lowest BCUT2D eigenvalue weighted by Gasteiger charge is -2.35. The molecule has 6 heteroatoms. The topological polar surface area (TPSA) is 66.5 Å². The smallest absolute Gasteiger partial charge is 0.242 e. The highest BCUT2D eigenvalue weighted by molar-refractivity contribution is 7.89. The molecular weight excluding hydrogens is 276 g/mol. The molecule has 0 amide bonds. The molecule has 1 N–H and O–H groups in total. The number of sulfonamides is 1. The monoisotopic (exact) mass is 296 g/mol. The van der Waals surface area contributed by atoms with E-state index < -0.39 is 10.0 Å². The average molecular weight is 296 g/mol. The number of rotatable bonds is 5. The van der Waals surface area contributed by atoms with E-state index in [0.717, 1.165) is 25.5 Å². The van der Waals surface area contributed by atoms with Gasteiger partial charge in [-0.05, 0) is 31.4 Å².